The van der Waals surface area contributed by atoms with Crippen LogP contribution in [0.15, 0.2) is 30.6 Å². The first-order valence-electron chi connectivity index (χ1n) is 9.19. The number of thiophene rings is 1. The molecule has 0 bridgehead atoms. The molecule has 0 fully saturated rings. The Hall–Kier alpha value is -2.84. The van der Waals surface area contributed by atoms with Crippen molar-refractivity contribution in [3.05, 3.63) is 51.9 Å². The van der Waals surface area contributed by atoms with Gasteiger partial charge in [0.2, 0.25) is 5.95 Å². The number of fused-ring (bicyclic) bond motifs is 2. The number of anilines is 1. The maximum atomic E-state index is 6.57. The molecular formula is C20H18ClN5O2S. The van der Waals surface area contributed by atoms with Crippen LogP contribution in [0.2, 0.25) is 5.02 Å². The third-order valence-corrected chi connectivity index (χ3v) is 6.33. The second-order valence-corrected chi connectivity index (χ2v) is 8.28. The molecule has 29 heavy (non-hydrogen) atoms. The Labute approximate surface area is 176 Å². The zero-order valence-electron chi connectivity index (χ0n) is 15.9. The normalized spacial score (nSPS) is 13.1. The molecule has 148 valence electrons. The fourth-order valence-electron chi connectivity index (χ4n) is 3.27. The smallest absolute Gasteiger partial charge is 0.238 e. The van der Waals surface area contributed by atoms with Crippen LogP contribution in [0.1, 0.15) is 16.3 Å². The van der Waals surface area contributed by atoms with Crippen molar-refractivity contribution in [2.24, 2.45) is 0 Å². The van der Waals surface area contributed by atoms with Gasteiger partial charge in [0.05, 0.1) is 10.4 Å². The van der Waals surface area contributed by atoms with Crippen LogP contribution in [0.5, 0.6) is 11.5 Å². The number of halogens is 1. The molecule has 0 unspecified atom stereocenters. The lowest BCUT2D eigenvalue weighted by Crippen LogP contribution is -2.15. The van der Waals surface area contributed by atoms with E-state index >= 15 is 0 Å². The summed E-state index contributed by atoms with van der Waals surface area (Å²) >= 11 is 8.12. The first-order valence-corrected chi connectivity index (χ1v) is 10.4. The summed E-state index contributed by atoms with van der Waals surface area (Å²) in [4.78, 5) is 15.6. The van der Waals surface area contributed by atoms with Gasteiger partial charge in [0.1, 0.15) is 29.7 Å². The minimum atomic E-state index is 0.563. The van der Waals surface area contributed by atoms with Crippen LogP contribution >= 0.6 is 22.9 Å². The average molecular weight is 428 g/mol. The molecule has 0 atom stereocenters. The Balaban J connectivity index is 1.52. The highest BCUT2D eigenvalue weighted by Crippen LogP contribution is 2.38. The lowest BCUT2D eigenvalue weighted by atomic mass is 10.2. The molecule has 0 spiro atoms. The number of ether oxygens (including phenoxy) is 2. The van der Waals surface area contributed by atoms with Gasteiger partial charge in [0.15, 0.2) is 11.5 Å². The summed E-state index contributed by atoms with van der Waals surface area (Å²) in [5.74, 6) is 3.63. The van der Waals surface area contributed by atoms with Gasteiger partial charge in [-0.05, 0) is 31.5 Å². The van der Waals surface area contributed by atoms with E-state index in [1.807, 2.05) is 42.8 Å². The molecule has 0 radical (unpaired) electrons. The fraction of sp³-hybridized carbons (Fsp3) is 0.250. The highest BCUT2D eigenvalue weighted by atomic mass is 35.5. The minimum Gasteiger partial charge on any atom is -0.486 e. The molecular weight excluding hydrogens is 410 g/mol. The number of hydrogen-bond donors (Lipinski definition) is 1. The first kappa shape index (κ1) is 18.2. The largest absolute Gasteiger partial charge is 0.486 e. The molecule has 0 aliphatic carbocycles. The average Bonchev–Trinajstić information content (AvgIpc) is 3.28. The van der Waals surface area contributed by atoms with Crippen molar-refractivity contribution >= 4 is 39.0 Å². The Morgan fingerprint density at radius 2 is 2.00 bits per heavy atom. The maximum absolute atomic E-state index is 6.57. The van der Waals surface area contributed by atoms with E-state index in [4.69, 9.17) is 31.0 Å². The van der Waals surface area contributed by atoms with E-state index in [-0.39, 0.29) is 0 Å². The predicted molar refractivity (Wildman–Crippen MR) is 114 cm³/mol. The van der Waals surface area contributed by atoms with Crippen LogP contribution in [-0.2, 0) is 6.54 Å². The van der Waals surface area contributed by atoms with Crippen LogP contribution < -0.4 is 14.8 Å². The predicted octanol–water partition coefficient (Wildman–Crippen LogP) is 4.53. The third kappa shape index (κ3) is 3.28. The Morgan fingerprint density at radius 1 is 1.17 bits per heavy atom. The van der Waals surface area contributed by atoms with E-state index < -0.39 is 0 Å². The summed E-state index contributed by atoms with van der Waals surface area (Å²) in [6, 6.07) is 5.94. The first-order chi connectivity index (χ1) is 14.1. The Morgan fingerprint density at radius 3 is 2.79 bits per heavy atom. The highest BCUT2D eigenvalue weighted by Gasteiger charge is 2.18. The van der Waals surface area contributed by atoms with Crippen molar-refractivity contribution < 1.29 is 9.47 Å². The van der Waals surface area contributed by atoms with Gasteiger partial charge in [-0.2, -0.15) is 4.98 Å². The second-order valence-electron chi connectivity index (χ2n) is 6.70. The monoisotopic (exact) mass is 427 g/mol. The summed E-state index contributed by atoms with van der Waals surface area (Å²) in [5.41, 5.74) is 1.06. The number of nitrogens with zero attached hydrogens (tertiary/aromatic N) is 4. The van der Waals surface area contributed by atoms with E-state index in [1.54, 1.807) is 17.5 Å². The van der Waals surface area contributed by atoms with Crippen LogP contribution in [0.4, 0.5) is 5.82 Å². The Bertz CT molecular complexity index is 1220. The lowest BCUT2D eigenvalue weighted by Gasteiger charge is -2.19. The van der Waals surface area contributed by atoms with Gasteiger partial charge in [0.25, 0.3) is 0 Å². The van der Waals surface area contributed by atoms with Crippen molar-refractivity contribution in [1.29, 1.82) is 0 Å². The van der Waals surface area contributed by atoms with Gasteiger partial charge in [-0.3, -0.25) is 4.57 Å². The SMILES string of the molecule is Cc1sc2nc(-n3ccnc3C)nc(NCc3ccc4c(c3)OCCO4)c2c1Cl. The molecule has 1 N–H and O–H groups in total. The molecule has 4 heterocycles. The molecule has 0 saturated carbocycles. The molecule has 7 nitrogen and oxygen atoms in total. The number of rotatable bonds is 4. The zero-order valence-corrected chi connectivity index (χ0v) is 17.5. The van der Waals surface area contributed by atoms with Gasteiger partial charge >= 0.3 is 0 Å². The van der Waals surface area contributed by atoms with Gasteiger partial charge in [-0.15, -0.1) is 11.3 Å². The summed E-state index contributed by atoms with van der Waals surface area (Å²) < 4.78 is 13.1. The molecule has 1 aromatic carbocycles. The molecule has 0 amide bonds. The third-order valence-electron chi connectivity index (χ3n) is 4.75. The molecule has 3 aromatic heterocycles. The van der Waals surface area contributed by atoms with Crippen LogP contribution in [0.25, 0.3) is 16.2 Å². The van der Waals surface area contributed by atoms with Crippen molar-refractivity contribution in [3.8, 4) is 17.4 Å². The minimum absolute atomic E-state index is 0.563. The number of hydrogen-bond acceptors (Lipinski definition) is 7. The summed E-state index contributed by atoms with van der Waals surface area (Å²) in [5, 5.41) is 4.95. The Kier molecular flexibility index (Phi) is 4.52. The highest BCUT2D eigenvalue weighted by molar-refractivity contribution is 7.19. The van der Waals surface area contributed by atoms with Crippen molar-refractivity contribution in [2.45, 2.75) is 20.4 Å². The number of benzene rings is 1. The molecule has 1 aliphatic heterocycles. The van der Waals surface area contributed by atoms with Crippen molar-refractivity contribution in [2.75, 3.05) is 18.5 Å². The van der Waals surface area contributed by atoms with Crippen LogP contribution in [0.3, 0.4) is 0 Å². The molecule has 9 heteroatoms. The maximum Gasteiger partial charge on any atom is 0.238 e. The number of aryl methyl sites for hydroxylation is 2. The van der Waals surface area contributed by atoms with Gasteiger partial charge in [-0.1, -0.05) is 17.7 Å². The summed E-state index contributed by atoms with van der Waals surface area (Å²) in [6.45, 7) is 5.62. The van der Waals surface area contributed by atoms with Crippen molar-refractivity contribution in [3.63, 3.8) is 0 Å². The topological polar surface area (TPSA) is 74.1 Å². The quantitative estimate of drug-likeness (QED) is 0.515. The van der Waals surface area contributed by atoms with Crippen molar-refractivity contribution in [1.82, 2.24) is 19.5 Å². The summed E-state index contributed by atoms with van der Waals surface area (Å²) in [7, 11) is 0. The van der Waals surface area contributed by atoms with Gasteiger partial charge < -0.3 is 14.8 Å². The van der Waals surface area contributed by atoms with Gasteiger partial charge in [-0.25, -0.2) is 9.97 Å². The molecule has 4 aromatic rings. The van der Waals surface area contributed by atoms with E-state index in [9.17, 15) is 0 Å². The number of nitrogens with one attached hydrogen (secondary N) is 1. The molecule has 1 aliphatic rings. The molecule has 0 saturated heterocycles. The van der Waals surface area contributed by atoms with E-state index in [0.717, 1.165) is 38.0 Å². The molecule has 5 rings (SSSR count). The van der Waals surface area contributed by atoms with Gasteiger partial charge in [0, 0.05) is 23.8 Å². The van der Waals surface area contributed by atoms with E-state index in [2.05, 4.69) is 10.3 Å². The van der Waals surface area contributed by atoms with E-state index in [0.29, 0.717) is 36.5 Å². The van der Waals surface area contributed by atoms with Crippen LogP contribution in [0, 0.1) is 13.8 Å². The number of imidazole rings is 1. The lowest BCUT2D eigenvalue weighted by molar-refractivity contribution is 0.171. The van der Waals surface area contributed by atoms with Crippen LogP contribution in [-0.4, -0.2) is 32.7 Å². The standard InChI is InChI=1S/C20H18ClN5O2S/c1-11-17(21)16-18(23-10-13-3-4-14-15(9-13)28-8-7-27-14)24-20(25-19(16)29-11)26-6-5-22-12(26)2/h3-6,9H,7-8,10H2,1-2H3,(H,23,24,25). The summed E-state index contributed by atoms with van der Waals surface area (Å²) in [6.07, 6.45) is 3.58. The number of aromatic nitrogens is 4. The zero-order chi connectivity index (χ0) is 20.0. The van der Waals surface area contributed by atoms with E-state index in [1.165, 1.54) is 0 Å². The fourth-order valence-corrected chi connectivity index (χ4v) is 4.54. The second kappa shape index (κ2) is 7.20.